The summed E-state index contributed by atoms with van der Waals surface area (Å²) in [6, 6.07) is 10.2. The van der Waals surface area contributed by atoms with Crippen molar-refractivity contribution in [3.8, 4) is 11.1 Å². The highest BCUT2D eigenvalue weighted by atomic mass is 32.1. The van der Waals surface area contributed by atoms with Crippen LogP contribution in [0.3, 0.4) is 0 Å². The van der Waals surface area contributed by atoms with Crippen LogP contribution in [0.1, 0.15) is 29.8 Å². The predicted octanol–water partition coefficient (Wildman–Crippen LogP) is 4.27. The van der Waals surface area contributed by atoms with Crippen molar-refractivity contribution in [3.05, 3.63) is 48.4 Å². The van der Waals surface area contributed by atoms with Gasteiger partial charge in [0, 0.05) is 36.3 Å². The number of aromatic nitrogens is 2. The Morgan fingerprint density at radius 2 is 2.08 bits per heavy atom. The molecule has 0 unspecified atom stereocenters. The summed E-state index contributed by atoms with van der Waals surface area (Å²) in [5.41, 5.74) is 2.87. The molecule has 3 fully saturated rings. The fourth-order valence-electron chi connectivity index (χ4n) is 4.51. The van der Waals surface area contributed by atoms with E-state index in [0.29, 0.717) is 18.0 Å². The van der Waals surface area contributed by atoms with Crippen LogP contribution < -0.4 is 0 Å². The molecule has 0 amide bonds. The highest BCUT2D eigenvalue weighted by Gasteiger charge is 2.35. The van der Waals surface area contributed by atoms with Crippen molar-refractivity contribution in [2.75, 3.05) is 19.6 Å². The number of ketones is 1. The molecule has 2 aromatic heterocycles. The lowest BCUT2D eigenvalue weighted by atomic mass is 9.76. The molecule has 26 heavy (non-hydrogen) atoms. The number of pyridine rings is 1. The number of hydrogen-bond donors (Lipinski definition) is 0. The molecule has 0 radical (unpaired) electrons. The Morgan fingerprint density at radius 1 is 1.19 bits per heavy atom. The molecule has 4 nitrogen and oxygen atoms in total. The number of nitrogens with zero attached hydrogens (tertiary/aromatic N) is 3. The third-order valence-electron chi connectivity index (χ3n) is 5.97. The van der Waals surface area contributed by atoms with Gasteiger partial charge in [0.25, 0.3) is 0 Å². The van der Waals surface area contributed by atoms with Crippen molar-refractivity contribution < 1.29 is 4.79 Å². The number of piperidine rings is 3. The fourth-order valence-corrected chi connectivity index (χ4v) is 5.34. The first kappa shape index (κ1) is 16.1. The van der Waals surface area contributed by atoms with E-state index in [0.717, 1.165) is 33.7 Å². The van der Waals surface area contributed by atoms with Crippen molar-refractivity contribution >= 4 is 27.4 Å². The second-order valence-corrected chi connectivity index (χ2v) is 8.31. The summed E-state index contributed by atoms with van der Waals surface area (Å²) in [7, 11) is 0. The van der Waals surface area contributed by atoms with E-state index in [1.165, 1.54) is 37.5 Å². The Labute approximate surface area is 157 Å². The van der Waals surface area contributed by atoms with Crippen molar-refractivity contribution in [1.29, 1.82) is 0 Å². The molecule has 5 heteroatoms. The number of carbonyl (C=O) groups excluding carboxylic acids is 1. The zero-order valence-corrected chi connectivity index (χ0v) is 15.4. The molecule has 1 aromatic carbocycles. The molecule has 0 saturated carbocycles. The first-order valence-corrected chi connectivity index (χ1v) is 10.1. The van der Waals surface area contributed by atoms with Gasteiger partial charge in [-0.05, 0) is 67.0 Å². The van der Waals surface area contributed by atoms with E-state index in [1.807, 2.05) is 18.3 Å². The maximum Gasteiger partial charge on any atom is 0.183 e. The number of hydrogen-bond acceptors (Lipinski definition) is 5. The van der Waals surface area contributed by atoms with E-state index in [1.54, 1.807) is 6.20 Å². The summed E-state index contributed by atoms with van der Waals surface area (Å²) >= 11 is 1.43. The molecule has 132 valence electrons. The molecule has 6 rings (SSSR count). The van der Waals surface area contributed by atoms with Gasteiger partial charge in [-0.3, -0.25) is 9.78 Å². The normalized spacial score (nSPS) is 24.8. The Kier molecular flexibility index (Phi) is 4.06. The van der Waals surface area contributed by atoms with Gasteiger partial charge in [-0.25, -0.2) is 0 Å². The molecule has 2 bridgehead atoms. The summed E-state index contributed by atoms with van der Waals surface area (Å²) in [5, 5.41) is 0.994. The molecular weight excluding hydrogens is 342 g/mol. The standard InChI is InChI=1S/C21H21N3OS/c25-19(10-17-13-24-8-5-14(17)6-9-24)21-18-4-3-15(11-20(18)26-23-21)16-2-1-7-22-12-16/h1-4,7,11-12,14,17H,5-6,8-10,13H2/t17-/m1/s1. The van der Waals surface area contributed by atoms with Gasteiger partial charge in [-0.2, -0.15) is 4.37 Å². The number of rotatable bonds is 4. The van der Waals surface area contributed by atoms with Crippen LogP contribution in [-0.4, -0.2) is 39.7 Å². The van der Waals surface area contributed by atoms with Gasteiger partial charge < -0.3 is 4.90 Å². The molecule has 0 spiro atoms. The summed E-state index contributed by atoms with van der Waals surface area (Å²) in [6.45, 7) is 3.52. The van der Waals surface area contributed by atoms with Crippen LogP contribution in [0.5, 0.6) is 0 Å². The summed E-state index contributed by atoms with van der Waals surface area (Å²) < 4.78 is 5.59. The van der Waals surface area contributed by atoms with Crippen LogP contribution in [0.15, 0.2) is 42.7 Å². The van der Waals surface area contributed by atoms with Crippen LogP contribution in [0.2, 0.25) is 0 Å². The van der Waals surface area contributed by atoms with Gasteiger partial charge >= 0.3 is 0 Å². The van der Waals surface area contributed by atoms with Gasteiger partial charge in [0.1, 0.15) is 5.69 Å². The Morgan fingerprint density at radius 3 is 2.81 bits per heavy atom. The van der Waals surface area contributed by atoms with Crippen molar-refractivity contribution in [1.82, 2.24) is 14.3 Å². The van der Waals surface area contributed by atoms with Gasteiger partial charge in [0.2, 0.25) is 0 Å². The highest BCUT2D eigenvalue weighted by molar-refractivity contribution is 7.13. The quantitative estimate of drug-likeness (QED) is 0.649. The zero-order chi connectivity index (χ0) is 17.5. The Bertz CT molecular complexity index is 944. The molecular formula is C21H21N3OS. The van der Waals surface area contributed by atoms with Crippen LogP contribution in [0.4, 0.5) is 0 Å². The molecule has 0 aliphatic carbocycles. The van der Waals surface area contributed by atoms with Gasteiger partial charge in [-0.1, -0.05) is 18.2 Å². The van der Waals surface area contributed by atoms with Crippen LogP contribution >= 0.6 is 11.5 Å². The minimum absolute atomic E-state index is 0.212. The molecule has 1 atom stereocenters. The van der Waals surface area contributed by atoms with E-state index in [-0.39, 0.29) is 5.78 Å². The molecule has 0 N–H and O–H groups in total. The van der Waals surface area contributed by atoms with E-state index < -0.39 is 0 Å². The Balaban J connectivity index is 1.40. The number of Topliss-reactive ketones (excluding diaryl/α,β-unsaturated/α-hetero) is 1. The first-order chi connectivity index (χ1) is 12.8. The summed E-state index contributed by atoms with van der Waals surface area (Å²) in [5.74, 6) is 1.45. The van der Waals surface area contributed by atoms with Crippen molar-refractivity contribution in [2.45, 2.75) is 19.3 Å². The lowest BCUT2D eigenvalue weighted by Gasteiger charge is -2.44. The Hall–Kier alpha value is -2.11. The second-order valence-electron chi connectivity index (χ2n) is 7.51. The van der Waals surface area contributed by atoms with Gasteiger partial charge in [-0.15, -0.1) is 0 Å². The number of benzene rings is 1. The largest absolute Gasteiger partial charge is 0.303 e. The minimum atomic E-state index is 0.212. The van der Waals surface area contributed by atoms with E-state index in [2.05, 4.69) is 32.5 Å². The average Bonchev–Trinajstić information content (AvgIpc) is 3.13. The van der Waals surface area contributed by atoms with Crippen LogP contribution in [0.25, 0.3) is 21.2 Å². The summed E-state index contributed by atoms with van der Waals surface area (Å²) in [6.07, 6.45) is 6.79. The van der Waals surface area contributed by atoms with Gasteiger partial charge in [0.05, 0.1) is 4.70 Å². The predicted molar refractivity (Wildman–Crippen MR) is 104 cm³/mol. The zero-order valence-electron chi connectivity index (χ0n) is 14.6. The van der Waals surface area contributed by atoms with E-state index in [4.69, 9.17) is 0 Å². The molecule has 3 aliphatic rings. The lowest BCUT2D eigenvalue weighted by Crippen LogP contribution is -2.47. The maximum absolute atomic E-state index is 12.9. The lowest BCUT2D eigenvalue weighted by molar-refractivity contribution is 0.0440. The number of carbonyl (C=O) groups is 1. The maximum atomic E-state index is 12.9. The van der Waals surface area contributed by atoms with Crippen LogP contribution in [0, 0.1) is 11.8 Å². The molecule has 5 heterocycles. The van der Waals surface area contributed by atoms with Crippen LogP contribution in [-0.2, 0) is 0 Å². The number of fused-ring (bicyclic) bond motifs is 4. The van der Waals surface area contributed by atoms with Crippen molar-refractivity contribution in [3.63, 3.8) is 0 Å². The minimum Gasteiger partial charge on any atom is -0.303 e. The SMILES string of the molecule is O=C(C[C@@H]1CN2CCC1CC2)c1nsc2cc(-c3cccnc3)ccc12. The first-order valence-electron chi connectivity index (χ1n) is 9.33. The summed E-state index contributed by atoms with van der Waals surface area (Å²) in [4.78, 5) is 19.6. The smallest absolute Gasteiger partial charge is 0.183 e. The fraction of sp³-hybridized carbons (Fsp3) is 0.381. The molecule has 3 aromatic rings. The molecule has 3 saturated heterocycles. The average molecular weight is 363 g/mol. The topological polar surface area (TPSA) is 46.1 Å². The van der Waals surface area contributed by atoms with E-state index >= 15 is 0 Å². The highest BCUT2D eigenvalue weighted by Crippen LogP contribution is 2.36. The third-order valence-corrected chi connectivity index (χ3v) is 6.78. The van der Waals surface area contributed by atoms with E-state index in [9.17, 15) is 4.79 Å². The second kappa shape index (κ2) is 6.56. The monoisotopic (exact) mass is 363 g/mol. The van der Waals surface area contributed by atoms with Gasteiger partial charge in [0.15, 0.2) is 5.78 Å². The third kappa shape index (κ3) is 2.85. The molecule has 3 aliphatic heterocycles. The van der Waals surface area contributed by atoms with Crippen molar-refractivity contribution in [2.24, 2.45) is 11.8 Å².